The maximum absolute atomic E-state index is 14.2. The lowest BCUT2D eigenvalue weighted by Crippen LogP contribution is -2.26. The van der Waals surface area contributed by atoms with Crippen molar-refractivity contribution in [3.63, 3.8) is 0 Å². The highest BCUT2D eigenvalue weighted by molar-refractivity contribution is 5.45. The molecule has 118 valence electrons. The van der Waals surface area contributed by atoms with E-state index in [0.717, 1.165) is 12.5 Å². The van der Waals surface area contributed by atoms with Gasteiger partial charge in [0.1, 0.15) is 18.0 Å². The van der Waals surface area contributed by atoms with Crippen molar-refractivity contribution in [2.24, 2.45) is 5.92 Å². The second-order valence-electron chi connectivity index (χ2n) is 5.97. The summed E-state index contributed by atoms with van der Waals surface area (Å²) in [6.07, 6.45) is 3.96. The maximum atomic E-state index is 14.2. The largest absolute Gasteiger partial charge is 0.333 e. The molecule has 3 heterocycles. The van der Waals surface area contributed by atoms with Crippen LogP contribution in [0.2, 0.25) is 0 Å². The summed E-state index contributed by atoms with van der Waals surface area (Å²) in [7, 11) is 0. The van der Waals surface area contributed by atoms with Gasteiger partial charge < -0.3 is 4.90 Å². The average Bonchev–Trinajstić information content (AvgIpc) is 3.15. The van der Waals surface area contributed by atoms with E-state index in [2.05, 4.69) is 22.0 Å². The molecule has 0 N–H and O–H groups in total. The summed E-state index contributed by atoms with van der Waals surface area (Å²) in [6.45, 7) is 2.78. The van der Waals surface area contributed by atoms with E-state index >= 15 is 0 Å². The summed E-state index contributed by atoms with van der Waals surface area (Å²) in [4.78, 5) is 10.7. The number of anilines is 1. The van der Waals surface area contributed by atoms with Gasteiger partial charge in [-0.15, -0.1) is 0 Å². The molecule has 2 atom stereocenters. The highest BCUT2D eigenvalue weighted by Crippen LogP contribution is 2.38. The summed E-state index contributed by atoms with van der Waals surface area (Å²) in [5.41, 5.74) is 1.03. The fourth-order valence-electron chi connectivity index (χ4n) is 3.19. The molecule has 0 aliphatic carbocycles. The van der Waals surface area contributed by atoms with Gasteiger partial charge in [0.2, 0.25) is 5.95 Å². The molecule has 0 spiro atoms. The fraction of sp³-hybridized carbons (Fsp3) is 0.312. The number of hydrogen-bond acceptors (Lipinski definition) is 4. The highest BCUT2D eigenvalue weighted by atomic mass is 19.1. The Hall–Kier alpha value is -2.57. The van der Waals surface area contributed by atoms with Gasteiger partial charge in [-0.1, -0.05) is 6.92 Å². The maximum Gasteiger partial charge on any atom is 0.229 e. The zero-order valence-electron chi connectivity index (χ0n) is 12.5. The van der Waals surface area contributed by atoms with Gasteiger partial charge in [-0.05, 0) is 30.5 Å². The van der Waals surface area contributed by atoms with Crippen LogP contribution in [0.1, 0.15) is 24.9 Å². The Morgan fingerprint density at radius 2 is 2.09 bits per heavy atom. The fourth-order valence-corrected chi connectivity index (χ4v) is 3.19. The van der Waals surface area contributed by atoms with Crippen LogP contribution in [0.5, 0.6) is 0 Å². The smallest absolute Gasteiger partial charge is 0.229 e. The van der Waals surface area contributed by atoms with Gasteiger partial charge in [-0.2, -0.15) is 10.1 Å². The summed E-state index contributed by atoms with van der Waals surface area (Å²) >= 11 is 0. The van der Waals surface area contributed by atoms with Crippen molar-refractivity contribution in [1.82, 2.24) is 19.6 Å². The third-order valence-electron chi connectivity index (χ3n) is 4.23. The molecular formula is C16H15F2N5. The Morgan fingerprint density at radius 3 is 2.96 bits per heavy atom. The number of rotatable bonds is 2. The number of halogens is 2. The lowest BCUT2D eigenvalue weighted by molar-refractivity contribution is 0.548. The summed E-state index contributed by atoms with van der Waals surface area (Å²) < 4.78 is 29.3. The number of fused-ring (bicyclic) bond motifs is 1. The van der Waals surface area contributed by atoms with Gasteiger partial charge in [0.15, 0.2) is 5.65 Å². The van der Waals surface area contributed by atoms with Gasteiger partial charge in [-0.3, -0.25) is 0 Å². The minimum Gasteiger partial charge on any atom is -0.333 e. The first-order valence-corrected chi connectivity index (χ1v) is 7.50. The Labute approximate surface area is 131 Å². The van der Waals surface area contributed by atoms with Crippen molar-refractivity contribution >= 4 is 11.6 Å². The van der Waals surface area contributed by atoms with E-state index < -0.39 is 11.6 Å². The summed E-state index contributed by atoms with van der Waals surface area (Å²) in [6, 6.07) is 5.08. The molecule has 0 amide bonds. The van der Waals surface area contributed by atoms with E-state index in [-0.39, 0.29) is 6.04 Å². The summed E-state index contributed by atoms with van der Waals surface area (Å²) in [5.74, 6) is 0.0115. The quantitative estimate of drug-likeness (QED) is 0.729. The third-order valence-corrected chi connectivity index (χ3v) is 4.23. The molecule has 0 radical (unpaired) electrons. The van der Waals surface area contributed by atoms with Crippen molar-refractivity contribution in [3.8, 4) is 0 Å². The molecule has 3 aromatic rings. The molecule has 5 nitrogen and oxygen atoms in total. The first kappa shape index (κ1) is 14.0. The average molecular weight is 315 g/mol. The van der Waals surface area contributed by atoms with Gasteiger partial charge in [0, 0.05) is 18.2 Å². The topological polar surface area (TPSA) is 46.3 Å². The van der Waals surface area contributed by atoms with Crippen LogP contribution >= 0.6 is 0 Å². The Morgan fingerprint density at radius 1 is 1.22 bits per heavy atom. The van der Waals surface area contributed by atoms with Crippen LogP contribution in [-0.2, 0) is 0 Å². The van der Waals surface area contributed by atoms with E-state index in [1.54, 1.807) is 23.1 Å². The predicted molar refractivity (Wildman–Crippen MR) is 81.0 cm³/mol. The van der Waals surface area contributed by atoms with E-state index in [0.29, 0.717) is 29.6 Å². The number of hydrogen-bond donors (Lipinski definition) is 0. The standard InChI is InChI=1S/C16H15F2N5/c1-10-6-14(12-7-11(17)2-3-13(12)18)22(8-10)16-19-9-23-15(21-16)4-5-20-23/h2-5,7,9-10,14H,6,8H2,1H3. The van der Waals surface area contributed by atoms with Crippen LogP contribution in [-0.4, -0.2) is 26.1 Å². The number of aromatic nitrogens is 4. The van der Waals surface area contributed by atoms with Crippen molar-refractivity contribution in [3.05, 3.63) is 54.0 Å². The molecule has 4 rings (SSSR count). The van der Waals surface area contributed by atoms with E-state index in [1.807, 2.05) is 4.90 Å². The van der Waals surface area contributed by atoms with Gasteiger partial charge in [0.05, 0.1) is 12.2 Å². The lowest BCUT2D eigenvalue weighted by Gasteiger charge is -2.25. The molecule has 7 heteroatoms. The summed E-state index contributed by atoms with van der Waals surface area (Å²) in [5, 5.41) is 4.07. The molecule has 2 aromatic heterocycles. The molecular weight excluding hydrogens is 300 g/mol. The molecule has 1 saturated heterocycles. The van der Waals surface area contributed by atoms with E-state index in [9.17, 15) is 8.78 Å². The van der Waals surface area contributed by atoms with Gasteiger partial charge in [-0.25, -0.2) is 18.3 Å². The normalized spacial score (nSPS) is 21.3. The predicted octanol–water partition coefficient (Wildman–Crippen LogP) is 2.99. The van der Waals surface area contributed by atoms with Crippen LogP contribution in [0, 0.1) is 17.6 Å². The van der Waals surface area contributed by atoms with E-state index in [4.69, 9.17) is 0 Å². The minimum atomic E-state index is -0.437. The Kier molecular flexibility index (Phi) is 3.21. The monoisotopic (exact) mass is 315 g/mol. The zero-order chi connectivity index (χ0) is 16.0. The molecule has 1 aliphatic rings. The van der Waals surface area contributed by atoms with Crippen LogP contribution < -0.4 is 4.90 Å². The number of nitrogens with zero attached hydrogens (tertiary/aromatic N) is 5. The van der Waals surface area contributed by atoms with Crippen molar-refractivity contribution in [2.75, 3.05) is 11.4 Å². The van der Waals surface area contributed by atoms with Crippen LogP contribution in [0.15, 0.2) is 36.8 Å². The second-order valence-corrected chi connectivity index (χ2v) is 5.97. The molecule has 2 unspecified atom stereocenters. The van der Waals surface area contributed by atoms with Crippen molar-refractivity contribution in [1.29, 1.82) is 0 Å². The lowest BCUT2D eigenvalue weighted by atomic mass is 10.0. The molecule has 23 heavy (non-hydrogen) atoms. The van der Waals surface area contributed by atoms with Crippen LogP contribution in [0.3, 0.4) is 0 Å². The molecule has 0 saturated carbocycles. The highest BCUT2D eigenvalue weighted by Gasteiger charge is 2.34. The van der Waals surface area contributed by atoms with Crippen LogP contribution in [0.25, 0.3) is 5.65 Å². The molecule has 1 aliphatic heterocycles. The zero-order valence-corrected chi connectivity index (χ0v) is 12.5. The van der Waals surface area contributed by atoms with Gasteiger partial charge in [0.25, 0.3) is 0 Å². The third kappa shape index (κ3) is 2.42. The van der Waals surface area contributed by atoms with Crippen LogP contribution in [0.4, 0.5) is 14.7 Å². The molecule has 0 bridgehead atoms. The number of benzene rings is 1. The van der Waals surface area contributed by atoms with Crippen molar-refractivity contribution in [2.45, 2.75) is 19.4 Å². The first-order chi connectivity index (χ1) is 11.1. The second kappa shape index (κ2) is 5.26. The Balaban J connectivity index is 1.77. The molecule has 1 fully saturated rings. The van der Waals surface area contributed by atoms with E-state index in [1.165, 1.54) is 12.1 Å². The molecule has 1 aromatic carbocycles. The van der Waals surface area contributed by atoms with Gasteiger partial charge >= 0.3 is 0 Å². The van der Waals surface area contributed by atoms with Crippen molar-refractivity contribution < 1.29 is 8.78 Å². The first-order valence-electron chi connectivity index (χ1n) is 7.50. The minimum absolute atomic E-state index is 0.272. The Bertz CT molecular complexity index is 863. The SMILES string of the molecule is CC1CC(c2cc(F)ccc2F)N(c2ncn3nccc3n2)C1.